The van der Waals surface area contributed by atoms with E-state index in [0.29, 0.717) is 0 Å². The first kappa shape index (κ1) is 7.74. The lowest BCUT2D eigenvalue weighted by molar-refractivity contribution is -0.671. The van der Waals surface area contributed by atoms with E-state index in [1.165, 1.54) is 22.3 Å². The number of hydrogen-bond donors (Lipinski definition) is 0. The summed E-state index contributed by atoms with van der Waals surface area (Å²) >= 11 is 0. The predicted octanol–water partition coefficient (Wildman–Crippen LogP) is 2.08. The quantitative estimate of drug-likeness (QED) is 0.469. The topological polar surface area (TPSA) is 3.88 Å². The molecule has 0 radical (unpaired) electrons. The van der Waals surface area contributed by atoms with Crippen molar-refractivity contribution in [1.29, 1.82) is 0 Å². The van der Waals surface area contributed by atoms with Crippen LogP contribution in [0.15, 0.2) is 42.7 Å². The van der Waals surface area contributed by atoms with Crippen LogP contribution in [0.4, 0.5) is 0 Å². The number of fused-ring (bicyclic) bond motifs is 3. The van der Waals surface area contributed by atoms with Crippen LogP contribution in [0, 0.1) is 0 Å². The first-order valence-electron chi connectivity index (χ1n) is 4.91. The SMILES string of the molecule is C[n+]1ccc2c(c1)Cc1ccccc1-2. The van der Waals surface area contributed by atoms with Gasteiger partial charge in [0.15, 0.2) is 12.4 Å². The fourth-order valence-electron chi connectivity index (χ4n) is 2.20. The number of aryl methyl sites for hydroxylation is 1. The van der Waals surface area contributed by atoms with Crippen LogP contribution in [-0.4, -0.2) is 0 Å². The van der Waals surface area contributed by atoms with Crippen LogP contribution >= 0.6 is 0 Å². The number of benzene rings is 1. The molecule has 1 aromatic carbocycles. The first-order valence-corrected chi connectivity index (χ1v) is 4.91. The highest BCUT2D eigenvalue weighted by molar-refractivity contribution is 5.75. The first-order chi connectivity index (χ1) is 6.84. The molecule has 1 heteroatoms. The van der Waals surface area contributed by atoms with Crippen molar-refractivity contribution in [3.63, 3.8) is 0 Å². The van der Waals surface area contributed by atoms with E-state index in [-0.39, 0.29) is 0 Å². The summed E-state index contributed by atoms with van der Waals surface area (Å²) in [6.45, 7) is 0. The number of hydrogen-bond acceptors (Lipinski definition) is 0. The molecule has 0 saturated heterocycles. The Balaban J connectivity index is 2.27. The third-order valence-electron chi connectivity index (χ3n) is 2.87. The normalized spacial score (nSPS) is 12.4. The zero-order valence-electron chi connectivity index (χ0n) is 8.20. The number of rotatable bonds is 0. The Morgan fingerprint density at radius 1 is 1.00 bits per heavy atom. The summed E-state index contributed by atoms with van der Waals surface area (Å²) in [5.41, 5.74) is 5.70. The Kier molecular flexibility index (Phi) is 1.48. The van der Waals surface area contributed by atoms with Gasteiger partial charge in [0.05, 0.1) is 0 Å². The largest absolute Gasteiger partial charge is 0.207 e. The molecule has 2 aromatic rings. The van der Waals surface area contributed by atoms with Crippen molar-refractivity contribution < 1.29 is 4.57 Å². The van der Waals surface area contributed by atoms with Gasteiger partial charge in [-0.15, -0.1) is 0 Å². The molecule has 1 aliphatic carbocycles. The van der Waals surface area contributed by atoms with Crippen LogP contribution in [0.2, 0.25) is 0 Å². The van der Waals surface area contributed by atoms with E-state index in [4.69, 9.17) is 0 Å². The van der Waals surface area contributed by atoms with Crippen LogP contribution < -0.4 is 4.57 Å². The predicted molar refractivity (Wildman–Crippen MR) is 55.9 cm³/mol. The van der Waals surface area contributed by atoms with Gasteiger partial charge in [0.2, 0.25) is 0 Å². The lowest BCUT2D eigenvalue weighted by atomic mass is 10.1. The lowest BCUT2D eigenvalue weighted by Gasteiger charge is -1.97. The van der Waals surface area contributed by atoms with Gasteiger partial charge in [-0.25, -0.2) is 4.57 Å². The fraction of sp³-hybridized carbons (Fsp3) is 0.154. The summed E-state index contributed by atoms with van der Waals surface area (Å²) in [5.74, 6) is 0. The van der Waals surface area contributed by atoms with Crippen molar-refractivity contribution in [1.82, 2.24) is 0 Å². The maximum absolute atomic E-state index is 2.22. The van der Waals surface area contributed by atoms with Gasteiger partial charge in [-0.1, -0.05) is 24.3 Å². The third kappa shape index (κ3) is 0.987. The minimum atomic E-state index is 1.08. The van der Waals surface area contributed by atoms with Crippen molar-refractivity contribution >= 4 is 0 Å². The van der Waals surface area contributed by atoms with Crippen molar-refractivity contribution in [3.8, 4) is 11.1 Å². The molecule has 0 unspecified atom stereocenters. The standard InChI is InChI=1S/C13H12N/c1-14-7-6-13-11(9-14)8-10-4-2-3-5-12(10)13/h2-7,9H,8H2,1H3/q+1. The van der Waals surface area contributed by atoms with Crippen molar-refractivity contribution in [3.05, 3.63) is 53.9 Å². The van der Waals surface area contributed by atoms with Crippen molar-refractivity contribution in [2.45, 2.75) is 6.42 Å². The van der Waals surface area contributed by atoms with Gasteiger partial charge in [0, 0.05) is 18.1 Å². The molecule has 1 aromatic heterocycles. The molecule has 0 spiro atoms. The van der Waals surface area contributed by atoms with E-state index in [1.54, 1.807) is 0 Å². The zero-order valence-corrected chi connectivity index (χ0v) is 8.20. The van der Waals surface area contributed by atoms with Gasteiger partial charge >= 0.3 is 0 Å². The van der Waals surface area contributed by atoms with E-state index in [2.05, 4.69) is 54.3 Å². The minimum absolute atomic E-state index is 1.08. The molecule has 14 heavy (non-hydrogen) atoms. The summed E-state index contributed by atoms with van der Waals surface area (Å²) in [6, 6.07) is 10.9. The molecule has 0 bridgehead atoms. The summed E-state index contributed by atoms with van der Waals surface area (Å²) in [5, 5.41) is 0. The summed E-state index contributed by atoms with van der Waals surface area (Å²) in [6.07, 6.45) is 5.41. The van der Waals surface area contributed by atoms with Gasteiger partial charge in [0.1, 0.15) is 7.05 Å². The number of aromatic nitrogens is 1. The summed E-state index contributed by atoms with van der Waals surface area (Å²) < 4.78 is 2.12. The van der Waals surface area contributed by atoms with E-state index >= 15 is 0 Å². The maximum Gasteiger partial charge on any atom is 0.172 e. The van der Waals surface area contributed by atoms with Gasteiger partial charge in [-0.3, -0.25) is 0 Å². The molecule has 1 nitrogen and oxygen atoms in total. The second kappa shape index (κ2) is 2.68. The van der Waals surface area contributed by atoms with Gasteiger partial charge in [-0.2, -0.15) is 0 Å². The Morgan fingerprint density at radius 3 is 2.71 bits per heavy atom. The monoisotopic (exact) mass is 182 g/mol. The lowest BCUT2D eigenvalue weighted by Crippen LogP contribution is -2.26. The molecule has 0 saturated carbocycles. The molecule has 3 rings (SSSR count). The van der Waals surface area contributed by atoms with Crippen LogP contribution in [0.5, 0.6) is 0 Å². The van der Waals surface area contributed by atoms with Crippen LogP contribution in [0.1, 0.15) is 11.1 Å². The highest BCUT2D eigenvalue weighted by atomic mass is 14.9. The minimum Gasteiger partial charge on any atom is -0.207 e. The Bertz CT molecular complexity index is 500. The number of pyridine rings is 1. The molecule has 1 heterocycles. The van der Waals surface area contributed by atoms with E-state index in [9.17, 15) is 0 Å². The smallest absolute Gasteiger partial charge is 0.172 e. The molecule has 0 fully saturated rings. The number of nitrogens with zero attached hydrogens (tertiary/aromatic N) is 1. The Hall–Kier alpha value is -1.63. The maximum atomic E-state index is 2.22. The highest BCUT2D eigenvalue weighted by Gasteiger charge is 2.19. The molecule has 0 aliphatic heterocycles. The fourth-order valence-corrected chi connectivity index (χ4v) is 2.20. The van der Waals surface area contributed by atoms with Gasteiger partial charge in [-0.05, 0) is 16.7 Å². The zero-order chi connectivity index (χ0) is 9.54. The molecule has 0 atom stereocenters. The van der Waals surface area contributed by atoms with E-state index in [1.807, 2.05) is 0 Å². The average Bonchev–Trinajstić information content (AvgIpc) is 2.54. The molecule has 1 aliphatic rings. The van der Waals surface area contributed by atoms with E-state index < -0.39 is 0 Å². The van der Waals surface area contributed by atoms with Crippen LogP contribution in [0.25, 0.3) is 11.1 Å². The Morgan fingerprint density at radius 2 is 1.79 bits per heavy atom. The molecule has 0 amide bonds. The molecular weight excluding hydrogens is 170 g/mol. The van der Waals surface area contributed by atoms with Crippen molar-refractivity contribution in [2.75, 3.05) is 0 Å². The van der Waals surface area contributed by atoms with Gasteiger partial charge in [0.25, 0.3) is 0 Å². The van der Waals surface area contributed by atoms with Gasteiger partial charge < -0.3 is 0 Å². The average molecular weight is 182 g/mol. The van der Waals surface area contributed by atoms with Crippen LogP contribution in [-0.2, 0) is 13.5 Å². The molecule has 0 N–H and O–H groups in total. The molecular formula is C13H12N+. The second-order valence-electron chi connectivity index (χ2n) is 3.88. The van der Waals surface area contributed by atoms with Crippen molar-refractivity contribution in [2.24, 2.45) is 7.05 Å². The summed E-state index contributed by atoms with van der Waals surface area (Å²) in [4.78, 5) is 0. The highest BCUT2D eigenvalue weighted by Crippen LogP contribution is 2.34. The summed E-state index contributed by atoms with van der Waals surface area (Å²) in [7, 11) is 2.07. The third-order valence-corrected chi connectivity index (χ3v) is 2.87. The molecule has 68 valence electrons. The van der Waals surface area contributed by atoms with E-state index in [0.717, 1.165) is 6.42 Å². The Labute approximate surface area is 83.6 Å². The van der Waals surface area contributed by atoms with Crippen LogP contribution in [0.3, 0.4) is 0 Å². The second-order valence-corrected chi connectivity index (χ2v) is 3.88.